The number of aliphatic hydroxyl groups is 1. The van der Waals surface area contributed by atoms with Gasteiger partial charge in [-0.05, 0) is 17.7 Å². The van der Waals surface area contributed by atoms with Crippen molar-refractivity contribution in [3.8, 4) is 0 Å². The molecule has 2 N–H and O–H groups in total. The van der Waals surface area contributed by atoms with Crippen molar-refractivity contribution in [2.75, 3.05) is 26.3 Å². The van der Waals surface area contributed by atoms with Crippen LogP contribution in [0.25, 0.3) is 0 Å². The van der Waals surface area contributed by atoms with Crippen LogP contribution in [0.3, 0.4) is 0 Å². The van der Waals surface area contributed by atoms with Gasteiger partial charge in [-0.15, -0.1) is 4.83 Å². The lowest BCUT2D eigenvalue weighted by molar-refractivity contribution is 0.0272. The first-order valence-corrected chi connectivity index (χ1v) is 7.15. The van der Waals surface area contributed by atoms with E-state index >= 15 is 0 Å². The first kappa shape index (κ1) is 13.4. The van der Waals surface area contributed by atoms with E-state index in [4.69, 9.17) is 9.84 Å². The van der Waals surface area contributed by atoms with Crippen LogP contribution in [0.2, 0.25) is 0 Å². The van der Waals surface area contributed by atoms with Crippen molar-refractivity contribution >= 4 is 10.0 Å². The molecule has 0 unspecified atom stereocenters. The summed E-state index contributed by atoms with van der Waals surface area (Å²) in [6, 6.07) is 6.14. The van der Waals surface area contributed by atoms with Gasteiger partial charge in [0.05, 0.1) is 24.7 Å². The number of hydrogen-bond donors (Lipinski definition) is 2. The summed E-state index contributed by atoms with van der Waals surface area (Å²) in [5, 5.41) is 10.5. The van der Waals surface area contributed by atoms with E-state index in [1.165, 1.54) is 12.1 Å². The average molecular weight is 272 g/mol. The first-order chi connectivity index (χ1) is 8.62. The maximum atomic E-state index is 12.0. The highest BCUT2D eigenvalue weighted by Crippen LogP contribution is 2.11. The Morgan fingerprint density at radius 2 is 1.83 bits per heavy atom. The molecular weight excluding hydrogens is 256 g/mol. The van der Waals surface area contributed by atoms with Crippen molar-refractivity contribution in [2.24, 2.45) is 0 Å². The Morgan fingerprint density at radius 3 is 2.39 bits per heavy atom. The van der Waals surface area contributed by atoms with Crippen molar-refractivity contribution in [3.63, 3.8) is 0 Å². The highest BCUT2D eigenvalue weighted by molar-refractivity contribution is 7.89. The second-order valence-corrected chi connectivity index (χ2v) is 5.66. The van der Waals surface area contributed by atoms with Gasteiger partial charge in [-0.1, -0.05) is 12.1 Å². The number of aliphatic hydroxyl groups excluding tert-OH is 1. The molecule has 0 aromatic heterocycles. The average Bonchev–Trinajstić information content (AvgIpc) is 2.39. The van der Waals surface area contributed by atoms with Gasteiger partial charge in [-0.3, -0.25) is 0 Å². The molecule has 1 heterocycles. The SMILES string of the molecule is O=S(=O)(NN1CCOCC1)c1ccc(CO)cc1. The van der Waals surface area contributed by atoms with Gasteiger partial charge < -0.3 is 9.84 Å². The summed E-state index contributed by atoms with van der Waals surface area (Å²) >= 11 is 0. The van der Waals surface area contributed by atoms with Crippen LogP contribution in [0.5, 0.6) is 0 Å². The van der Waals surface area contributed by atoms with E-state index in [1.54, 1.807) is 17.1 Å². The molecule has 0 radical (unpaired) electrons. The van der Waals surface area contributed by atoms with Crippen LogP contribution in [0.1, 0.15) is 5.56 Å². The molecule has 1 fully saturated rings. The molecule has 0 aliphatic carbocycles. The fourth-order valence-corrected chi connectivity index (χ4v) is 2.77. The summed E-state index contributed by atoms with van der Waals surface area (Å²) < 4.78 is 29.2. The van der Waals surface area contributed by atoms with Crippen molar-refractivity contribution < 1.29 is 18.3 Å². The molecule has 1 saturated heterocycles. The predicted molar refractivity (Wildman–Crippen MR) is 65.1 cm³/mol. The Kier molecular flexibility index (Phi) is 4.31. The van der Waals surface area contributed by atoms with Crippen molar-refractivity contribution in [1.29, 1.82) is 0 Å². The number of morpholine rings is 1. The maximum absolute atomic E-state index is 12.0. The summed E-state index contributed by atoms with van der Waals surface area (Å²) in [5.74, 6) is 0. The molecule has 1 aliphatic heterocycles. The molecule has 1 aromatic carbocycles. The van der Waals surface area contributed by atoms with Gasteiger partial charge in [-0.2, -0.15) is 0 Å². The zero-order chi connectivity index (χ0) is 13.0. The van der Waals surface area contributed by atoms with Gasteiger partial charge >= 0.3 is 0 Å². The van der Waals surface area contributed by atoms with Crippen LogP contribution in [-0.2, 0) is 21.4 Å². The molecule has 0 atom stereocenters. The van der Waals surface area contributed by atoms with E-state index in [2.05, 4.69) is 4.83 Å². The fraction of sp³-hybridized carbons (Fsp3) is 0.455. The Hall–Kier alpha value is -0.990. The van der Waals surface area contributed by atoms with E-state index in [-0.39, 0.29) is 11.5 Å². The molecule has 7 heteroatoms. The molecule has 1 aromatic rings. The fourth-order valence-electron chi connectivity index (χ4n) is 1.65. The second kappa shape index (κ2) is 5.77. The number of sulfonamides is 1. The van der Waals surface area contributed by atoms with Crippen LogP contribution >= 0.6 is 0 Å². The van der Waals surface area contributed by atoms with Crippen molar-refractivity contribution in [3.05, 3.63) is 29.8 Å². The third-order valence-corrected chi connectivity index (χ3v) is 4.07. The van der Waals surface area contributed by atoms with E-state index in [0.29, 0.717) is 31.9 Å². The Bertz CT molecular complexity index is 480. The maximum Gasteiger partial charge on any atom is 0.253 e. The third-order valence-electron chi connectivity index (χ3n) is 2.68. The summed E-state index contributed by atoms with van der Waals surface area (Å²) in [4.78, 5) is 2.70. The number of nitrogens with zero attached hydrogens (tertiary/aromatic N) is 1. The molecule has 2 rings (SSSR count). The standard InChI is InChI=1S/C11H16N2O4S/c14-9-10-1-3-11(4-2-10)18(15,16)12-13-5-7-17-8-6-13/h1-4,12,14H,5-9H2. The van der Waals surface area contributed by atoms with Gasteiger partial charge in [0.15, 0.2) is 0 Å². The minimum atomic E-state index is -3.55. The van der Waals surface area contributed by atoms with Crippen LogP contribution in [0.4, 0.5) is 0 Å². The van der Waals surface area contributed by atoms with E-state index in [9.17, 15) is 8.42 Å². The lowest BCUT2D eigenvalue weighted by Crippen LogP contribution is -2.48. The third kappa shape index (κ3) is 3.27. The minimum absolute atomic E-state index is 0.1000. The van der Waals surface area contributed by atoms with Gasteiger partial charge in [0.1, 0.15) is 0 Å². The van der Waals surface area contributed by atoms with Gasteiger partial charge in [0.2, 0.25) is 0 Å². The molecular formula is C11H16N2O4S. The van der Waals surface area contributed by atoms with Gasteiger partial charge in [0.25, 0.3) is 10.0 Å². The van der Waals surface area contributed by atoms with Crippen LogP contribution in [0.15, 0.2) is 29.2 Å². The highest BCUT2D eigenvalue weighted by Gasteiger charge is 2.19. The number of nitrogens with one attached hydrogen (secondary N) is 1. The summed E-state index contributed by atoms with van der Waals surface area (Å²) in [5.41, 5.74) is 0.681. The Labute approximate surface area is 106 Å². The highest BCUT2D eigenvalue weighted by atomic mass is 32.2. The summed E-state index contributed by atoms with van der Waals surface area (Å²) in [6.45, 7) is 2.01. The summed E-state index contributed by atoms with van der Waals surface area (Å²) in [7, 11) is -3.55. The second-order valence-electron chi connectivity index (χ2n) is 4.00. The lowest BCUT2D eigenvalue weighted by Gasteiger charge is -2.26. The molecule has 1 aliphatic rings. The largest absolute Gasteiger partial charge is 0.392 e. The number of ether oxygens (including phenoxy) is 1. The number of hydrogen-bond acceptors (Lipinski definition) is 5. The first-order valence-electron chi connectivity index (χ1n) is 5.67. The molecule has 6 nitrogen and oxygen atoms in total. The molecule has 18 heavy (non-hydrogen) atoms. The molecule has 0 saturated carbocycles. The number of rotatable bonds is 4. The van der Waals surface area contributed by atoms with Crippen molar-refractivity contribution in [2.45, 2.75) is 11.5 Å². The minimum Gasteiger partial charge on any atom is -0.392 e. The van der Waals surface area contributed by atoms with Gasteiger partial charge in [-0.25, -0.2) is 13.4 Å². The summed E-state index contributed by atoms with van der Waals surface area (Å²) in [6.07, 6.45) is 0. The van der Waals surface area contributed by atoms with Gasteiger partial charge in [0, 0.05) is 13.1 Å². The van der Waals surface area contributed by atoms with Crippen LogP contribution in [-0.4, -0.2) is 44.8 Å². The van der Waals surface area contributed by atoms with E-state index < -0.39 is 10.0 Å². The quantitative estimate of drug-likeness (QED) is 0.787. The topological polar surface area (TPSA) is 78.9 Å². The Balaban J connectivity index is 2.08. The number of benzene rings is 1. The van der Waals surface area contributed by atoms with Crippen LogP contribution < -0.4 is 4.83 Å². The lowest BCUT2D eigenvalue weighted by atomic mass is 10.2. The molecule has 0 bridgehead atoms. The zero-order valence-electron chi connectivity index (χ0n) is 9.87. The van der Waals surface area contributed by atoms with E-state index in [1.807, 2.05) is 0 Å². The molecule has 0 spiro atoms. The zero-order valence-corrected chi connectivity index (χ0v) is 10.7. The van der Waals surface area contributed by atoms with Crippen LogP contribution in [0, 0.1) is 0 Å². The predicted octanol–water partition coefficient (Wildman–Crippen LogP) is -0.296. The molecule has 0 amide bonds. The van der Waals surface area contributed by atoms with Crippen molar-refractivity contribution in [1.82, 2.24) is 9.84 Å². The monoisotopic (exact) mass is 272 g/mol. The number of hydrazine groups is 1. The van der Waals surface area contributed by atoms with E-state index in [0.717, 1.165) is 0 Å². The normalized spacial score (nSPS) is 17.8. The Morgan fingerprint density at radius 1 is 1.22 bits per heavy atom. The smallest absolute Gasteiger partial charge is 0.253 e. The molecule has 100 valence electrons.